The van der Waals surface area contributed by atoms with Gasteiger partial charge in [-0.3, -0.25) is 4.79 Å². The van der Waals surface area contributed by atoms with Crippen molar-refractivity contribution in [2.75, 3.05) is 6.61 Å². The first-order chi connectivity index (χ1) is 9.93. The van der Waals surface area contributed by atoms with E-state index in [9.17, 15) is 4.79 Å². The summed E-state index contributed by atoms with van der Waals surface area (Å²) in [5.74, 6) is 1.82. The van der Waals surface area contributed by atoms with Crippen LogP contribution in [0.2, 0.25) is 0 Å². The minimum absolute atomic E-state index is 0.0157. The average molecular weight is 418 g/mol. The summed E-state index contributed by atoms with van der Waals surface area (Å²) in [5.41, 5.74) is 1.44. The Bertz CT molecular complexity index is 690. The third-order valence-electron chi connectivity index (χ3n) is 3.07. The van der Waals surface area contributed by atoms with Gasteiger partial charge in [-0.25, -0.2) is 0 Å². The first-order valence-corrected chi connectivity index (χ1v) is 8.90. The molecule has 0 bridgehead atoms. The van der Waals surface area contributed by atoms with E-state index in [1.54, 1.807) is 6.07 Å². The molecule has 2 rings (SSSR count). The largest absolute Gasteiger partial charge is 0.493 e. The van der Waals surface area contributed by atoms with Gasteiger partial charge < -0.3 is 9.15 Å². The highest BCUT2D eigenvalue weighted by molar-refractivity contribution is 9.09. The van der Waals surface area contributed by atoms with Crippen LogP contribution in [0.5, 0.6) is 5.75 Å². The summed E-state index contributed by atoms with van der Waals surface area (Å²) in [7, 11) is 0. The van der Waals surface area contributed by atoms with Gasteiger partial charge in [-0.05, 0) is 25.0 Å². The molecule has 0 aliphatic heterocycles. The summed E-state index contributed by atoms with van der Waals surface area (Å²) in [6, 6.07) is 5.15. The van der Waals surface area contributed by atoms with Crippen molar-refractivity contribution in [2.45, 2.75) is 30.9 Å². The normalized spacial score (nSPS) is 12.9. The van der Waals surface area contributed by atoms with E-state index in [1.165, 1.54) is 6.07 Å². The van der Waals surface area contributed by atoms with Crippen LogP contribution < -0.4 is 10.2 Å². The minimum atomic E-state index is -0.0323. The molecule has 3 nitrogen and oxygen atoms in total. The number of halogens is 2. The van der Waals surface area contributed by atoms with Crippen molar-refractivity contribution in [2.24, 2.45) is 5.92 Å². The number of rotatable bonds is 5. The molecule has 0 fully saturated rings. The molecule has 0 aliphatic carbocycles. The number of hydrogen-bond acceptors (Lipinski definition) is 3. The standard InChI is InChI=1S/C16H18Br2O3/c1-9(2)8-20-14-5-4-11-13(19)6-15(10(3)18)21-16(11)12(14)7-17/h4-6,9-10H,7-8H2,1-3H3. The first-order valence-electron chi connectivity index (χ1n) is 6.86. The summed E-state index contributed by atoms with van der Waals surface area (Å²) in [6.07, 6.45) is 0. The molecule has 0 amide bonds. The van der Waals surface area contributed by atoms with Gasteiger partial charge in [-0.2, -0.15) is 0 Å². The van der Waals surface area contributed by atoms with Crippen molar-refractivity contribution in [3.63, 3.8) is 0 Å². The maximum absolute atomic E-state index is 12.2. The Balaban J connectivity index is 2.62. The summed E-state index contributed by atoms with van der Waals surface area (Å²) in [5, 5.41) is 1.15. The molecule has 0 spiro atoms. The smallest absolute Gasteiger partial charge is 0.193 e. The van der Waals surface area contributed by atoms with Gasteiger partial charge in [0.05, 0.1) is 16.8 Å². The molecule has 1 unspecified atom stereocenters. The van der Waals surface area contributed by atoms with E-state index in [0.717, 1.165) is 11.3 Å². The Morgan fingerprint density at radius 1 is 1.29 bits per heavy atom. The molecule has 1 heterocycles. The van der Waals surface area contributed by atoms with Crippen molar-refractivity contribution < 1.29 is 9.15 Å². The number of hydrogen-bond donors (Lipinski definition) is 0. The Labute approximate surface area is 140 Å². The van der Waals surface area contributed by atoms with Crippen LogP contribution in [0, 0.1) is 5.92 Å². The molecule has 0 N–H and O–H groups in total. The quantitative estimate of drug-likeness (QED) is 0.629. The summed E-state index contributed by atoms with van der Waals surface area (Å²) in [6.45, 7) is 6.75. The van der Waals surface area contributed by atoms with E-state index in [1.807, 2.05) is 13.0 Å². The lowest BCUT2D eigenvalue weighted by Gasteiger charge is -2.14. The van der Waals surface area contributed by atoms with Gasteiger partial charge >= 0.3 is 0 Å². The van der Waals surface area contributed by atoms with Crippen LogP contribution in [-0.2, 0) is 5.33 Å². The number of alkyl halides is 2. The second-order valence-electron chi connectivity index (χ2n) is 5.39. The Morgan fingerprint density at radius 3 is 2.57 bits per heavy atom. The van der Waals surface area contributed by atoms with Gasteiger partial charge in [0.1, 0.15) is 17.1 Å². The van der Waals surface area contributed by atoms with Gasteiger partial charge in [0, 0.05) is 17.0 Å². The maximum atomic E-state index is 12.2. The average Bonchev–Trinajstić information content (AvgIpc) is 2.43. The van der Waals surface area contributed by atoms with Crippen LogP contribution in [0.1, 0.15) is 36.9 Å². The van der Waals surface area contributed by atoms with E-state index >= 15 is 0 Å². The third kappa shape index (κ3) is 3.69. The van der Waals surface area contributed by atoms with Crippen molar-refractivity contribution in [1.82, 2.24) is 0 Å². The summed E-state index contributed by atoms with van der Waals surface area (Å²) in [4.78, 5) is 12.2. The molecule has 1 aromatic heterocycles. The molecular formula is C16H18Br2O3. The molecular weight excluding hydrogens is 400 g/mol. The van der Waals surface area contributed by atoms with Crippen LogP contribution in [0.3, 0.4) is 0 Å². The lowest BCUT2D eigenvalue weighted by atomic mass is 10.1. The highest BCUT2D eigenvalue weighted by atomic mass is 79.9. The number of benzene rings is 1. The fourth-order valence-corrected chi connectivity index (χ4v) is 2.75. The SMILES string of the molecule is CC(C)COc1ccc2c(=O)cc(C(C)Br)oc2c1CBr. The lowest BCUT2D eigenvalue weighted by molar-refractivity contribution is 0.269. The lowest BCUT2D eigenvalue weighted by Crippen LogP contribution is -2.08. The van der Waals surface area contributed by atoms with E-state index in [4.69, 9.17) is 9.15 Å². The van der Waals surface area contributed by atoms with E-state index in [-0.39, 0.29) is 10.3 Å². The Morgan fingerprint density at radius 2 is 2.00 bits per heavy atom. The molecule has 1 aromatic carbocycles. The molecule has 0 radical (unpaired) electrons. The third-order valence-corrected chi connectivity index (χ3v) is 4.09. The fraction of sp³-hybridized carbons (Fsp3) is 0.438. The zero-order chi connectivity index (χ0) is 15.6. The van der Waals surface area contributed by atoms with E-state index < -0.39 is 0 Å². The van der Waals surface area contributed by atoms with Crippen molar-refractivity contribution in [1.29, 1.82) is 0 Å². The minimum Gasteiger partial charge on any atom is -0.493 e. The van der Waals surface area contributed by atoms with E-state index in [0.29, 0.717) is 34.6 Å². The molecule has 21 heavy (non-hydrogen) atoms. The number of fused-ring (bicyclic) bond motifs is 1. The van der Waals surface area contributed by atoms with Crippen LogP contribution in [0.4, 0.5) is 0 Å². The van der Waals surface area contributed by atoms with Crippen LogP contribution >= 0.6 is 31.9 Å². The molecule has 0 saturated carbocycles. The maximum Gasteiger partial charge on any atom is 0.193 e. The predicted octanol–water partition coefficient (Wildman–Crippen LogP) is 5.18. The summed E-state index contributed by atoms with van der Waals surface area (Å²) < 4.78 is 11.8. The molecule has 2 aromatic rings. The van der Waals surface area contributed by atoms with Gasteiger partial charge in [0.15, 0.2) is 5.43 Å². The second-order valence-corrected chi connectivity index (χ2v) is 7.32. The van der Waals surface area contributed by atoms with Gasteiger partial charge in [-0.1, -0.05) is 45.7 Å². The molecule has 5 heteroatoms. The Hall–Kier alpha value is -0.810. The summed E-state index contributed by atoms with van der Waals surface area (Å²) >= 11 is 6.91. The molecule has 0 aliphatic rings. The fourth-order valence-electron chi connectivity index (χ4n) is 1.99. The number of ether oxygens (including phenoxy) is 1. The first kappa shape index (κ1) is 16.6. The van der Waals surface area contributed by atoms with Crippen molar-refractivity contribution in [3.05, 3.63) is 39.7 Å². The van der Waals surface area contributed by atoms with Gasteiger partial charge in [0.25, 0.3) is 0 Å². The molecule has 114 valence electrons. The van der Waals surface area contributed by atoms with Crippen molar-refractivity contribution in [3.8, 4) is 5.75 Å². The van der Waals surface area contributed by atoms with Crippen LogP contribution in [0.25, 0.3) is 11.0 Å². The van der Waals surface area contributed by atoms with E-state index in [2.05, 4.69) is 45.7 Å². The zero-order valence-electron chi connectivity index (χ0n) is 12.3. The zero-order valence-corrected chi connectivity index (χ0v) is 15.5. The van der Waals surface area contributed by atoms with Gasteiger partial charge in [0.2, 0.25) is 0 Å². The van der Waals surface area contributed by atoms with Crippen molar-refractivity contribution >= 4 is 42.8 Å². The topological polar surface area (TPSA) is 39.4 Å². The molecule has 1 atom stereocenters. The second kappa shape index (κ2) is 6.97. The van der Waals surface area contributed by atoms with Crippen LogP contribution in [0.15, 0.2) is 27.4 Å². The Kier molecular flexibility index (Phi) is 5.49. The molecule has 0 saturated heterocycles. The monoisotopic (exact) mass is 416 g/mol. The van der Waals surface area contributed by atoms with Gasteiger partial charge in [-0.15, -0.1) is 0 Å². The predicted molar refractivity (Wildman–Crippen MR) is 92.8 cm³/mol. The van der Waals surface area contributed by atoms with Crippen LogP contribution in [-0.4, -0.2) is 6.61 Å². The highest BCUT2D eigenvalue weighted by Crippen LogP contribution is 2.32. The highest BCUT2D eigenvalue weighted by Gasteiger charge is 2.15.